The van der Waals surface area contributed by atoms with Crippen LogP contribution < -0.4 is 5.32 Å². The van der Waals surface area contributed by atoms with E-state index in [1.807, 2.05) is 0 Å². The number of hydrogen-bond donors (Lipinski definition) is 1. The highest BCUT2D eigenvalue weighted by atomic mass is 16.5. The number of fused-ring (bicyclic) bond motifs is 2. The van der Waals surface area contributed by atoms with Gasteiger partial charge < -0.3 is 10.1 Å². The maximum Gasteiger partial charge on any atom is 0.113 e. The van der Waals surface area contributed by atoms with Crippen molar-refractivity contribution in [2.24, 2.45) is 0 Å². The van der Waals surface area contributed by atoms with E-state index in [4.69, 9.17) is 9.84 Å². The third-order valence-electron chi connectivity index (χ3n) is 4.10. The fraction of sp³-hybridized carbons (Fsp3) is 0.769. The summed E-state index contributed by atoms with van der Waals surface area (Å²) in [5, 5.41) is 8.15. The number of aromatic nitrogens is 2. The van der Waals surface area contributed by atoms with Gasteiger partial charge in [0.25, 0.3) is 0 Å². The van der Waals surface area contributed by atoms with Crippen molar-refractivity contribution in [3.63, 3.8) is 0 Å². The van der Waals surface area contributed by atoms with E-state index in [0.717, 1.165) is 45.5 Å². The van der Waals surface area contributed by atoms with Crippen molar-refractivity contribution in [1.29, 1.82) is 0 Å². The molecular formula is C13H21N3O. The topological polar surface area (TPSA) is 39.1 Å². The molecule has 0 amide bonds. The van der Waals surface area contributed by atoms with Gasteiger partial charge in [0.2, 0.25) is 0 Å². The highest BCUT2D eigenvalue weighted by Crippen LogP contribution is 2.44. The lowest BCUT2D eigenvalue weighted by atomic mass is 9.88. The summed E-state index contributed by atoms with van der Waals surface area (Å²) in [5.41, 5.74) is 3.93. The Balaban J connectivity index is 2.07. The lowest BCUT2D eigenvalue weighted by Crippen LogP contribution is -2.41. The molecule has 0 bridgehead atoms. The van der Waals surface area contributed by atoms with E-state index in [1.54, 1.807) is 0 Å². The normalized spacial score (nSPS) is 22.0. The Kier molecular flexibility index (Phi) is 2.71. The van der Waals surface area contributed by atoms with Crippen LogP contribution in [0.25, 0.3) is 0 Å². The third-order valence-corrected chi connectivity index (χ3v) is 4.10. The highest BCUT2D eigenvalue weighted by Gasteiger charge is 2.45. The van der Waals surface area contributed by atoms with Gasteiger partial charge in [-0.15, -0.1) is 0 Å². The van der Waals surface area contributed by atoms with Gasteiger partial charge in [0.15, 0.2) is 0 Å². The van der Waals surface area contributed by atoms with Gasteiger partial charge >= 0.3 is 0 Å². The molecule has 17 heavy (non-hydrogen) atoms. The number of ether oxygens (including phenoxy) is 1. The van der Waals surface area contributed by atoms with E-state index in [0.29, 0.717) is 0 Å². The standard InChI is InChI=1S/C13H21N3O/c1-3-11-10-9-17-13(5-7-14-8-6-13)12(10)16(4-2)15-11/h14H,3-9H2,1-2H3. The molecular weight excluding hydrogens is 214 g/mol. The predicted octanol–water partition coefficient (Wildman–Crippen LogP) is 1.57. The Morgan fingerprint density at radius 1 is 1.35 bits per heavy atom. The summed E-state index contributed by atoms with van der Waals surface area (Å²) in [7, 11) is 0. The summed E-state index contributed by atoms with van der Waals surface area (Å²) < 4.78 is 8.35. The van der Waals surface area contributed by atoms with Crippen LogP contribution in [0.1, 0.15) is 43.6 Å². The average Bonchev–Trinajstić information content (AvgIpc) is 2.90. The molecule has 3 rings (SSSR count). The van der Waals surface area contributed by atoms with E-state index in [-0.39, 0.29) is 5.60 Å². The van der Waals surface area contributed by atoms with Crippen molar-refractivity contribution >= 4 is 0 Å². The Labute approximate surface area is 102 Å². The molecule has 2 aliphatic heterocycles. The Morgan fingerprint density at radius 2 is 2.12 bits per heavy atom. The van der Waals surface area contributed by atoms with Crippen molar-refractivity contribution in [2.45, 2.75) is 51.9 Å². The molecule has 1 saturated heterocycles. The van der Waals surface area contributed by atoms with E-state index >= 15 is 0 Å². The van der Waals surface area contributed by atoms with E-state index in [2.05, 4.69) is 23.8 Å². The molecule has 4 nitrogen and oxygen atoms in total. The number of nitrogens with one attached hydrogen (secondary N) is 1. The summed E-state index contributed by atoms with van der Waals surface area (Å²) in [6, 6.07) is 0. The predicted molar refractivity (Wildman–Crippen MR) is 65.8 cm³/mol. The van der Waals surface area contributed by atoms with Crippen molar-refractivity contribution in [3.8, 4) is 0 Å². The van der Waals surface area contributed by atoms with Crippen LogP contribution in [0.3, 0.4) is 0 Å². The average molecular weight is 235 g/mol. The molecule has 1 N–H and O–H groups in total. The molecule has 0 atom stereocenters. The number of rotatable bonds is 2. The number of nitrogens with zero attached hydrogens (tertiary/aromatic N) is 2. The van der Waals surface area contributed by atoms with Crippen LogP contribution in [0.4, 0.5) is 0 Å². The molecule has 0 aromatic carbocycles. The van der Waals surface area contributed by atoms with Gasteiger partial charge in [0.1, 0.15) is 5.60 Å². The Morgan fingerprint density at radius 3 is 2.76 bits per heavy atom. The van der Waals surface area contributed by atoms with Crippen LogP contribution in [-0.4, -0.2) is 22.9 Å². The van der Waals surface area contributed by atoms with Gasteiger partial charge in [-0.1, -0.05) is 6.92 Å². The van der Waals surface area contributed by atoms with E-state index in [1.165, 1.54) is 17.0 Å². The van der Waals surface area contributed by atoms with Gasteiger partial charge in [-0.2, -0.15) is 5.10 Å². The van der Waals surface area contributed by atoms with Crippen molar-refractivity contribution < 1.29 is 4.74 Å². The molecule has 0 radical (unpaired) electrons. The molecule has 4 heteroatoms. The first kappa shape index (κ1) is 11.2. The summed E-state index contributed by atoms with van der Waals surface area (Å²) in [4.78, 5) is 0. The molecule has 1 fully saturated rings. The third kappa shape index (κ3) is 1.54. The minimum atomic E-state index is -0.0446. The van der Waals surface area contributed by atoms with Crippen LogP contribution >= 0.6 is 0 Å². The zero-order valence-corrected chi connectivity index (χ0v) is 10.8. The molecule has 0 saturated carbocycles. The molecule has 0 unspecified atom stereocenters. The first-order chi connectivity index (χ1) is 8.30. The number of aryl methyl sites for hydroxylation is 2. The Bertz CT molecular complexity index is 419. The monoisotopic (exact) mass is 235 g/mol. The summed E-state index contributed by atoms with van der Waals surface area (Å²) in [6.45, 7) is 8.15. The largest absolute Gasteiger partial charge is 0.364 e. The molecule has 2 aliphatic rings. The van der Waals surface area contributed by atoms with Crippen molar-refractivity contribution in [3.05, 3.63) is 17.0 Å². The van der Waals surface area contributed by atoms with Gasteiger partial charge in [0, 0.05) is 12.1 Å². The van der Waals surface area contributed by atoms with Crippen LogP contribution in [0.15, 0.2) is 0 Å². The maximum absolute atomic E-state index is 6.18. The first-order valence-electron chi connectivity index (χ1n) is 6.74. The Hall–Kier alpha value is -0.870. The maximum atomic E-state index is 6.18. The lowest BCUT2D eigenvalue weighted by molar-refractivity contribution is -0.0646. The van der Waals surface area contributed by atoms with E-state index in [9.17, 15) is 0 Å². The fourth-order valence-electron chi connectivity index (χ4n) is 3.21. The molecule has 3 heterocycles. The smallest absolute Gasteiger partial charge is 0.113 e. The number of hydrogen-bond acceptors (Lipinski definition) is 3. The van der Waals surface area contributed by atoms with Gasteiger partial charge in [-0.25, -0.2) is 0 Å². The molecule has 94 valence electrons. The summed E-state index contributed by atoms with van der Waals surface area (Å²) >= 11 is 0. The zero-order chi connectivity index (χ0) is 11.9. The molecule has 1 aromatic rings. The van der Waals surface area contributed by atoms with Crippen LogP contribution in [0, 0.1) is 0 Å². The SMILES string of the molecule is CCc1nn(CC)c2c1COC21CCNCC1. The molecule has 0 aliphatic carbocycles. The fourth-order valence-corrected chi connectivity index (χ4v) is 3.21. The van der Waals surface area contributed by atoms with Crippen molar-refractivity contribution in [1.82, 2.24) is 15.1 Å². The van der Waals surface area contributed by atoms with Gasteiger partial charge in [-0.05, 0) is 39.3 Å². The highest BCUT2D eigenvalue weighted by molar-refractivity contribution is 5.34. The second-order valence-corrected chi connectivity index (χ2v) is 4.98. The summed E-state index contributed by atoms with van der Waals surface area (Å²) in [6.07, 6.45) is 3.16. The first-order valence-corrected chi connectivity index (χ1v) is 6.74. The van der Waals surface area contributed by atoms with Crippen LogP contribution in [0.5, 0.6) is 0 Å². The number of piperidine rings is 1. The zero-order valence-electron chi connectivity index (χ0n) is 10.8. The second-order valence-electron chi connectivity index (χ2n) is 4.98. The minimum absolute atomic E-state index is 0.0446. The summed E-state index contributed by atoms with van der Waals surface area (Å²) in [5.74, 6) is 0. The lowest BCUT2D eigenvalue weighted by Gasteiger charge is -2.34. The minimum Gasteiger partial charge on any atom is -0.364 e. The van der Waals surface area contributed by atoms with Crippen LogP contribution in [0.2, 0.25) is 0 Å². The molecule has 1 spiro atoms. The molecule has 1 aromatic heterocycles. The van der Waals surface area contributed by atoms with Gasteiger partial charge in [0.05, 0.1) is 18.0 Å². The quantitative estimate of drug-likeness (QED) is 0.846. The second kappa shape index (κ2) is 4.10. The van der Waals surface area contributed by atoms with Gasteiger partial charge in [-0.3, -0.25) is 4.68 Å². The van der Waals surface area contributed by atoms with E-state index < -0.39 is 0 Å². The van der Waals surface area contributed by atoms with Crippen molar-refractivity contribution in [2.75, 3.05) is 13.1 Å². The van der Waals surface area contributed by atoms with Crippen LogP contribution in [-0.2, 0) is 29.9 Å².